The number of nitrogens with one attached hydrogen (secondary N) is 1. The fraction of sp³-hybridized carbons (Fsp3) is 0.462. The van der Waals surface area contributed by atoms with Gasteiger partial charge in [-0.05, 0) is 17.5 Å². The van der Waals surface area contributed by atoms with Crippen LogP contribution in [0.25, 0.3) is 11.0 Å². The first kappa shape index (κ1) is 11.0. The SMILES string of the molecule is COc1ccc2nc(CC(C)(C)C)[nH]c2c1. The number of H-pyrrole nitrogens is 1. The quantitative estimate of drug-likeness (QED) is 0.840. The highest BCUT2D eigenvalue weighted by Gasteiger charge is 2.14. The van der Waals surface area contributed by atoms with E-state index in [-0.39, 0.29) is 5.41 Å². The Balaban J connectivity index is 2.36. The van der Waals surface area contributed by atoms with Crippen molar-refractivity contribution in [2.45, 2.75) is 27.2 Å². The zero-order valence-electron chi connectivity index (χ0n) is 10.3. The molecule has 16 heavy (non-hydrogen) atoms. The third-order valence-electron chi connectivity index (χ3n) is 2.44. The van der Waals surface area contributed by atoms with Gasteiger partial charge in [-0.2, -0.15) is 0 Å². The molecule has 0 aliphatic heterocycles. The lowest BCUT2D eigenvalue weighted by Gasteiger charge is -2.15. The molecule has 1 heterocycles. The minimum Gasteiger partial charge on any atom is -0.497 e. The second-order valence-electron chi connectivity index (χ2n) is 5.30. The highest BCUT2D eigenvalue weighted by Crippen LogP contribution is 2.23. The molecule has 1 aromatic carbocycles. The molecule has 1 N–H and O–H groups in total. The Morgan fingerprint density at radius 1 is 1.31 bits per heavy atom. The fourth-order valence-corrected chi connectivity index (χ4v) is 1.75. The lowest BCUT2D eigenvalue weighted by atomic mass is 9.92. The molecule has 0 fully saturated rings. The first-order valence-electron chi connectivity index (χ1n) is 5.50. The standard InChI is InChI=1S/C13H18N2O/c1-13(2,3)8-12-14-10-6-5-9(16-4)7-11(10)15-12/h5-7H,8H2,1-4H3,(H,14,15). The topological polar surface area (TPSA) is 37.9 Å². The molecule has 0 atom stereocenters. The maximum Gasteiger partial charge on any atom is 0.121 e. The molecular formula is C13H18N2O. The van der Waals surface area contributed by atoms with Gasteiger partial charge in [-0.15, -0.1) is 0 Å². The number of ether oxygens (including phenoxy) is 1. The van der Waals surface area contributed by atoms with Gasteiger partial charge in [0.1, 0.15) is 11.6 Å². The summed E-state index contributed by atoms with van der Waals surface area (Å²) in [7, 11) is 1.67. The van der Waals surface area contributed by atoms with Crippen LogP contribution in [0, 0.1) is 5.41 Å². The molecule has 3 heteroatoms. The highest BCUT2D eigenvalue weighted by atomic mass is 16.5. The van der Waals surface area contributed by atoms with E-state index >= 15 is 0 Å². The second-order valence-corrected chi connectivity index (χ2v) is 5.30. The number of hydrogen-bond acceptors (Lipinski definition) is 2. The van der Waals surface area contributed by atoms with E-state index in [0.29, 0.717) is 0 Å². The third-order valence-corrected chi connectivity index (χ3v) is 2.44. The number of hydrogen-bond donors (Lipinski definition) is 1. The van der Waals surface area contributed by atoms with E-state index in [9.17, 15) is 0 Å². The van der Waals surface area contributed by atoms with Crippen LogP contribution in [0.15, 0.2) is 18.2 Å². The van der Waals surface area contributed by atoms with E-state index in [0.717, 1.165) is 29.0 Å². The first-order valence-corrected chi connectivity index (χ1v) is 5.50. The van der Waals surface area contributed by atoms with E-state index in [1.54, 1.807) is 7.11 Å². The molecular weight excluding hydrogens is 200 g/mol. The summed E-state index contributed by atoms with van der Waals surface area (Å²) in [6.45, 7) is 6.63. The number of aromatic nitrogens is 2. The summed E-state index contributed by atoms with van der Waals surface area (Å²) in [5.41, 5.74) is 2.29. The van der Waals surface area contributed by atoms with Crippen molar-refractivity contribution in [3.05, 3.63) is 24.0 Å². The average molecular weight is 218 g/mol. The monoisotopic (exact) mass is 218 g/mol. The van der Waals surface area contributed by atoms with Crippen LogP contribution in [-0.2, 0) is 6.42 Å². The lowest BCUT2D eigenvalue weighted by Crippen LogP contribution is -2.10. The van der Waals surface area contributed by atoms with Gasteiger partial charge in [0, 0.05) is 12.5 Å². The minimum atomic E-state index is 0.248. The molecule has 0 aliphatic carbocycles. The first-order chi connectivity index (χ1) is 7.48. The lowest BCUT2D eigenvalue weighted by molar-refractivity contribution is 0.402. The van der Waals surface area contributed by atoms with Crippen molar-refractivity contribution in [1.82, 2.24) is 9.97 Å². The van der Waals surface area contributed by atoms with Crippen molar-refractivity contribution in [1.29, 1.82) is 0 Å². The van der Waals surface area contributed by atoms with Crippen molar-refractivity contribution in [3.8, 4) is 5.75 Å². The van der Waals surface area contributed by atoms with Gasteiger partial charge in [0.15, 0.2) is 0 Å². The summed E-state index contributed by atoms with van der Waals surface area (Å²) in [5, 5.41) is 0. The largest absolute Gasteiger partial charge is 0.497 e. The van der Waals surface area contributed by atoms with Crippen LogP contribution >= 0.6 is 0 Å². The fourth-order valence-electron chi connectivity index (χ4n) is 1.75. The molecule has 2 aromatic rings. The van der Waals surface area contributed by atoms with Gasteiger partial charge in [0.25, 0.3) is 0 Å². The number of nitrogens with zero attached hydrogens (tertiary/aromatic N) is 1. The van der Waals surface area contributed by atoms with E-state index in [1.165, 1.54) is 0 Å². The summed E-state index contributed by atoms with van der Waals surface area (Å²) < 4.78 is 5.18. The Morgan fingerprint density at radius 3 is 2.69 bits per heavy atom. The van der Waals surface area contributed by atoms with Gasteiger partial charge < -0.3 is 9.72 Å². The normalized spacial score (nSPS) is 12.0. The summed E-state index contributed by atoms with van der Waals surface area (Å²) in [5.74, 6) is 1.90. The molecule has 0 unspecified atom stereocenters. The third kappa shape index (κ3) is 2.35. The zero-order valence-corrected chi connectivity index (χ0v) is 10.3. The van der Waals surface area contributed by atoms with Gasteiger partial charge in [0.2, 0.25) is 0 Å². The van der Waals surface area contributed by atoms with Crippen LogP contribution in [0.4, 0.5) is 0 Å². The minimum absolute atomic E-state index is 0.248. The molecule has 86 valence electrons. The van der Waals surface area contributed by atoms with E-state index in [4.69, 9.17) is 4.74 Å². The second kappa shape index (κ2) is 3.81. The van der Waals surface area contributed by atoms with Crippen LogP contribution in [-0.4, -0.2) is 17.1 Å². The average Bonchev–Trinajstić information content (AvgIpc) is 2.55. The van der Waals surface area contributed by atoms with Gasteiger partial charge in [0.05, 0.1) is 18.1 Å². The summed E-state index contributed by atoms with van der Waals surface area (Å²) in [4.78, 5) is 7.90. The maximum atomic E-state index is 5.18. The smallest absolute Gasteiger partial charge is 0.121 e. The van der Waals surface area contributed by atoms with Crippen molar-refractivity contribution >= 4 is 11.0 Å². The summed E-state index contributed by atoms with van der Waals surface area (Å²) in [6, 6.07) is 5.90. The Bertz CT molecular complexity index is 494. The predicted molar refractivity (Wildman–Crippen MR) is 65.8 cm³/mol. The molecule has 0 spiro atoms. The maximum absolute atomic E-state index is 5.18. The molecule has 1 aromatic heterocycles. The van der Waals surface area contributed by atoms with Crippen molar-refractivity contribution in [2.24, 2.45) is 5.41 Å². The molecule has 0 aliphatic rings. The van der Waals surface area contributed by atoms with Crippen LogP contribution in [0.5, 0.6) is 5.75 Å². The summed E-state index contributed by atoms with van der Waals surface area (Å²) in [6.07, 6.45) is 0.948. The molecule has 0 bridgehead atoms. The molecule has 0 amide bonds. The Labute approximate surface area is 95.8 Å². The van der Waals surface area contributed by atoms with Crippen LogP contribution in [0.1, 0.15) is 26.6 Å². The van der Waals surface area contributed by atoms with Gasteiger partial charge in [-0.3, -0.25) is 0 Å². The molecule has 0 saturated carbocycles. The number of rotatable bonds is 2. The van der Waals surface area contributed by atoms with Crippen molar-refractivity contribution in [2.75, 3.05) is 7.11 Å². The molecule has 3 nitrogen and oxygen atoms in total. The van der Waals surface area contributed by atoms with E-state index in [1.807, 2.05) is 18.2 Å². The van der Waals surface area contributed by atoms with Gasteiger partial charge in [-0.1, -0.05) is 20.8 Å². The van der Waals surface area contributed by atoms with Crippen LogP contribution < -0.4 is 4.74 Å². The number of aromatic amines is 1. The summed E-state index contributed by atoms with van der Waals surface area (Å²) >= 11 is 0. The highest BCUT2D eigenvalue weighted by molar-refractivity contribution is 5.76. The number of methoxy groups -OCH3 is 1. The number of fused-ring (bicyclic) bond motifs is 1. The van der Waals surface area contributed by atoms with Crippen molar-refractivity contribution in [3.63, 3.8) is 0 Å². The Hall–Kier alpha value is -1.51. The number of imidazole rings is 1. The van der Waals surface area contributed by atoms with E-state index < -0.39 is 0 Å². The van der Waals surface area contributed by atoms with Crippen LogP contribution in [0.2, 0.25) is 0 Å². The predicted octanol–water partition coefficient (Wildman–Crippen LogP) is 3.16. The molecule has 2 rings (SSSR count). The Morgan fingerprint density at radius 2 is 2.06 bits per heavy atom. The molecule has 0 saturated heterocycles. The number of benzene rings is 1. The molecule has 0 radical (unpaired) electrons. The zero-order chi connectivity index (χ0) is 11.8. The Kier molecular flexibility index (Phi) is 2.62. The van der Waals surface area contributed by atoms with Crippen LogP contribution in [0.3, 0.4) is 0 Å². The van der Waals surface area contributed by atoms with E-state index in [2.05, 4.69) is 30.7 Å². The van der Waals surface area contributed by atoms with Gasteiger partial charge in [-0.25, -0.2) is 4.98 Å². The van der Waals surface area contributed by atoms with Gasteiger partial charge >= 0.3 is 0 Å². The van der Waals surface area contributed by atoms with Crippen molar-refractivity contribution < 1.29 is 4.74 Å².